The van der Waals surface area contributed by atoms with Crippen molar-refractivity contribution in [2.75, 3.05) is 0 Å². The van der Waals surface area contributed by atoms with Crippen LogP contribution in [-0.4, -0.2) is 0 Å². The van der Waals surface area contributed by atoms with Crippen LogP contribution in [0.3, 0.4) is 0 Å². The first-order valence-corrected chi connectivity index (χ1v) is 2.32. The normalized spacial score (nSPS) is 10.4. The minimum absolute atomic E-state index is 0. The molecule has 0 aromatic carbocycles. The fourth-order valence-corrected chi connectivity index (χ4v) is 0.319. The second kappa shape index (κ2) is 5.41. The predicted molar refractivity (Wildman–Crippen MR) is 32.2 cm³/mol. The molecule has 0 aromatic rings. The van der Waals surface area contributed by atoms with Crippen molar-refractivity contribution in [3.63, 3.8) is 0 Å². The fraction of sp³-hybridized carbons (Fsp3) is 0.333. The van der Waals surface area contributed by atoms with Gasteiger partial charge in [0.1, 0.15) is 0 Å². The van der Waals surface area contributed by atoms with E-state index in [0.29, 0.717) is 0 Å². The smallest absolute Gasteiger partial charge is 0 e. The first kappa shape index (κ1) is 9.65. The summed E-state index contributed by atoms with van der Waals surface area (Å²) in [5.74, 6) is 0. The molecular formula is C6H11BhN-2. The van der Waals surface area contributed by atoms with Gasteiger partial charge in [0.15, 0.2) is 0 Å². The first-order valence-electron chi connectivity index (χ1n) is 2.32. The summed E-state index contributed by atoms with van der Waals surface area (Å²) in [6.07, 6.45) is 4.51. The quantitative estimate of drug-likeness (QED) is 0.732. The van der Waals surface area contributed by atoms with Gasteiger partial charge in [-0.15, -0.1) is 0 Å². The second-order valence-corrected chi connectivity index (χ2v) is 1.39. The van der Waals surface area contributed by atoms with E-state index in [2.05, 4.69) is 6.92 Å². The molecule has 1 nitrogen and oxygen atoms in total. The number of nitrogens with two attached hydrogens (primary N) is 1. The number of rotatable bonds is 2. The van der Waals surface area contributed by atoms with Crippen LogP contribution in [0.1, 0.15) is 13.3 Å². The number of hydrogen-bond donors (Lipinski definition) is 1. The van der Waals surface area contributed by atoms with Crippen LogP contribution in [0.5, 0.6) is 0 Å². The van der Waals surface area contributed by atoms with E-state index in [1.54, 1.807) is 6.08 Å². The van der Waals surface area contributed by atoms with E-state index in [0.717, 1.165) is 12.1 Å². The minimum Gasteiger partial charge on any atom is -0.481 e. The van der Waals surface area contributed by atoms with Gasteiger partial charge in [0.2, 0.25) is 0 Å². The maximum absolute atomic E-state index is 5.35. The van der Waals surface area contributed by atoms with Gasteiger partial charge in [0.05, 0.1) is 0 Å². The van der Waals surface area contributed by atoms with Gasteiger partial charge < -0.3 is 12.2 Å². The Morgan fingerprint density at radius 1 is 1.88 bits per heavy atom. The van der Waals surface area contributed by atoms with Crippen molar-refractivity contribution >= 4 is 0 Å². The molecule has 0 amide bonds. The molecule has 0 rings (SSSR count). The van der Waals surface area contributed by atoms with E-state index in [9.17, 15) is 0 Å². The Morgan fingerprint density at radius 3 is 2.50 bits per heavy atom. The summed E-state index contributed by atoms with van der Waals surface area (Å²) >= 11 is 0. The van der Waals surface area contributed by atoms with Gasteiger partial charge in [-0.1, -0.05) is 0 Å². The zero-order valence-corrected chi connectivity index (χ0v) is 11.9. The zero-order valence-electron chi connectivity index (χ0n) is 5.35. The van der Waals surface area contributed by atoms with Crippen molar-refractivity contribution in [2.45, 2.75) is 13.3 Å². The van der Waals surface area contributed by atoms with E-state index in [-0.39, 0.29) is 0 Å². The van der Waals surface area contributed by atoms with E-state index in [1.807, 2.05) is 13.3 Å². The Kier molecular flexibility index (Phi) is 6.52. The van der Waals surface area contributed by atoms with Crippen molar-refractivity contribution in [2.24, 2.45) is 5.73 Å². The van der Waals surface area contributed by atoms with E-state index in [1.165, 1.54) is 0 Å². The summed E-state index contributed by atoms with van der Waals surface area (Å²) in [5.41, 5.74) is 6.19. The van der Waals surface area contributed by atoms with Gasteiger partial charge in [-0.05, 0) is 0 Å². The largest absolute Gasteiger partial charge is 0.481 e. The first-order chi connectivity index (χ1) is 3.31. The minimum atomic E-state index is 0. The molecule has 2 heteroatoms. The molecule has 0 aliphatic rings. The summed E-state index contributed by atoms with van der Waals surface area (Å²) < 4.78 is 0. The van der Waals surface area contributed by atoms with Crippen molar-refractivity contribution < 1.29 is 0 Å². The predicted octanol–water partition coefficient (Wildman–Crippen LogP) is 1.28. The summed E-state index contributed by atoms with van der Waals surface area (Å²) in [4.78, 5) is 0. The Labute approximate surface area is 45.2 Å². The standard InChI is InChI=1S/C6H11N.Bh/c1-3-5-6(7)4-2;/h3-4H,2,5,7H2,1H3;/q-2;. The van der Waals surface area contributed by atoms with Crippen molar-refractivity contribution in [3.8, 4) is 0 Å². The van der Waals surface area contributed by atoms with Crippen molar-refractivity contribution in [1.82, 2.24) is 0 Å². The van der Waals surface area contributed by atoms with Crippen LogP contribution in [0, 0.1) is 13.3 Å². The molecule has 2 N–H and O–H groups in total. The van der Waals surface area contributed by atoms with E-state index < -0.39 is 0 Å². The molecule has 0 aromatic heterocycles. The van der Waals surface area contributed by atoms with Gasteiger partial charge >= 0.3 is 0 Å². The van der Waals surface area contributed by atoms with Crippen LogP contribution in [0.4, 0.5) is 0 Å². The molecule has 0 spiro atoms. The summed E-state index contributed by atoms with van der Waals surface area (Å²) in [6.45, 7) is 5.47. The van der Waals surface area contributed by atoms with E-state index in [4.69, 9.17) is 5.73 Å². The molecule has 0 radical (unpaired) electrons. The SMILES string of the molecule is [Bh].[CH2-]C=C(N)C[CH-]C. The second-order valence-electron chi connectivity index (χ2n) is 1.39. The van der Waals surface area contributed by atoms with Crippen molar-refractivity contribution in [3.05, 3.63) is 25.1 Å². The molecule has 8 heavy (non-hydrogen) atoms. The zero-order chi connectivity index (χ0) is 5.70. The van der Waals surface area contributed by atoms with Gasteiger partial charge in [0, 0.05) is 0 Å². The summed E-state index contributed by atoms with van der Waals surface area (Å²) in [7, 11) is 0. The molecule has 44 valence electrons. The molecule has 0 aliphatic carbocycles. The third-order valence-corrected chi connectivity index (χ3v) is 0.702. The molecular weight excluding hydrogens is 356 g/mol. The molecule has 0 aliphatic heterocycles. The average molecular weight is 367 g/mol. The number of hydrogen-bond acceptors (Lipinski definition) is 1. The van der Waals surface area contributed by atoms with Crippen molar-refractivity contribution in [1.29, 1.82) is 0 Å². The van der Waals surface area contributed by atoms with Gasteiger partial charge in [-0.2, -0.15) is 12.6 Å². The maximum atomic E-state index is 5.35. The number of allylic oxidation sites excluding steroid dienone is 2. The Balaban J connectivity index is 0. The average Bonchev–Trinajstić information content (AvgIpc) is 1.68. The van der Waals surface area contributed by atoms with Crippen LogP contribution < -0.4 is 5.73 Å². The third-order valence-electron chi connectivity index (χ3n) is 0.702. The molecule has 0 atom stereocenters. The van der Waals surface area contributed by atoms with Gasteiger partial charge in [-0.25, -0.2) is 19.4 Å². The van der Waals surface area contributed by atoms with Crippen LogP contribution in [0.2, 0.25) is 0 Å². The molecule has 0 saturated carbocycles. The fourth-order valence-electron chi connectivity index (χ4n) is 0.319. The Morgan fingerprint density at radius 2 is 2.38 bits per heavy atom. The van der Waals surface area contributed by atoms with Gasteiger partial charge in [0.25, 0.3) is 0 Å². The monoisotopic (exact) mass is 367 g/mol. The molecule has 0 heterocycles. The van der Waals surface area contributed by atoms with Crippen LogP contribution in [0.15, 0.2) is 11.8 Å². The Bertz CT molecular complexity index is 68.9. The topological polar surface area (TPSA) is 26.0 Å². The summed E-state index contributed by atoms with van der Waals surface area (Å²) in [5, 5.41) is 0. The summed E-state index contributed by atoms with van der Waals surface area (Å²) in [6, 6.07) is 0. The Hall–Kier alpha value is -1.59. The van der Waals surface area contributed by atoms with E-state index >= 15 is 0 Å². The van der Waals surface area contributed by atoms with Gasteiger partial charge in [-0.3, -0.25) is 0 Å². The molecule has 0 unspecified atom stereocenters. The van der Waals surface area contributed by atoms with Crippen LogP contribution >= 0.6 is 0 Å². The maximum Gasteiger partial charge on any atom is 0 e. The molecule has 0 saturated heterocycles. The van der Waals surface area contributed by atoms with Crippen LogP contribution in [-0.2, 0) is 0 Å². The molecule has 0 fully saturated rings. The van der Waals surface area contributed by atoms with Crippen LogP contribution in [0.25, 0.3) is 0 Å². The third kappa shape index (κ3) is 4.41. The molecule has 0 bridgehead atoms.